The minimum Gasteiger partial charge on any atom is -0.393 e. The predicted molar refractivity (Wildman–Crippen MR) is 54.9 cm³/mol. The zero-order valence-corrected chi connectivity index (χ0v) is 9.12. The zero-order chi connectivity index (χ0) is 10.3. The van der Waals surface area contributed by atoms with Gasteiger partial charge in [-0.2, -0.15) is 0 Å². The molecular formula is C12H20O2. The van der Waals surface area contributed by atoms with E-state index in [1.807, 2.05) is 0 Å². The molecule has 0 aliphatic heterocycles. The first-order chi connectivity index (χ1) is 6.55. The maximum Gasteiger partial charge on any atom is 0.139 e. The molecule has 2 aliphatic rings. The summed E-state index contributed by atoms with van der Waals surface area (Å²) in [7, 11) is 0. The van der Waals surface area contributed by atoms with E-state index in [2.05, 4.69) is 13.8 Å². The van der Waals surface area contributed by atoms with Crippen molar-refractivity contribution in [3.8, 4) is 0 Å². The van der Waals surface area contributed by atoms with Crippen LogP contribution in [0.25, 0.3) is 0 Å². The maximum atomic E-state index is 12.0. The van der Waals surface area contributed by atoms with Crippen LogP contribution in [0, 0.1) is 17.3 Å². The predicted octanol–water partition coefficient (Wildman–Crippen LogP) is 2.15. The number of ketones is 1. The molecule has 2 aliphatic carbocycles. The molecule has 0 radical (unpaired) electrons. The van der Waals surface area contributed by atoms with E-state index in [1.165, 1.54) is 0 Å². The van der Waals surface area contributed by atoms with Gasteiger partial charge in [0.2, 0.25) is 0 Å². The average Bonchev–Trinajstić information content (AvgIpc) is 2.37. The minimum atomic E-state index is -0.246. The van der Waals surface area contributed by atoms with Crippen LogP contribution in [0.2, 0.25) is 0 Å². The topological polar surface area (TPSA) is 37.3 Å². The summed E-state index contributed by atoms with van der Waals surface area (Å²) < 4.78 is 0. The lowest BCUT2D eigenvalue weighted by molar-refractivity contribution is -0.131. The first-order valence-corrected chi connectivity index (χ1v) is 5.77. The molecule has 80 valence electrons. The van der Waals surface area contributed by atoms with Gasteiger partial charge in [-0.25, -0.2) is 0 Å². The summed E-state index contributed by atoms with van der Waals surface area (Å²) in [4.78, 5) is 12.0. The minimum absolute atomic E-state index is 0.213. The summed E-state index contributed by atoms with van der Waals surface area (Å²) in [6, 6.07) is 0. The van der Waals surface area contributed by atoms with Gasteiger partial charge in [0.05, 0.1) is 6.10 Å². The Bertz CT molecular complexity index is 249. The molecule has 2 heteroatoms. The quantitative estimate of drug-likeness (QED) is 0.644. The highest BCUT2D eigenvalue weighted by Gasteiger charge is 2.51. The fourth-order valence-electron chi connectivity index (χ4n) is 3.57. The number of carbonyl (C=O) groups excluding carboxylic acids is 1. The van der Waals surface area contributed by atoms with Gasteiger partial charge in [0.25, 0.3) is 0 Å². The van der Waals surface area contributed by atoms with Crippen molar-refractivity contribution in [3.63, 3.8) is 0 Å². The van der Waals surface area contributed by atoms with E-state index in [4.69, 9.17) is 0 Å². The standard InChI is InChI=1S/C12H20O2/c1-8-6-7-12(2)10(14)5-3-4-9(13)11(8)12/h8-9,11,13H,3-7H2,1-2H3/t8-,9-,11+,12+/m1/s1. The molecule has 0 aromatic heterocycles. The van der Waals surface area contributed by atoms with E-state index < -0.39 is 0 Å². The summed E-state index contributed by atoms with van der Waals surface area (Å²) in [5.74, 6) is 1.12. The number of carbonyl (C=O) groups is 1. The number of aliphatic hydroxyl groups is 1. The van der Waals surface area contributed by atoms with Crippen molar-refractivity contribution in [1.82, 2.24) is 0 Å². The fraction of sp³-hybridized carbons (Fsp3) is 0.917. The van der Waals surface area contributed by atoms with E-state index in [0.717, 1.165) is 25.7 Å². The normalized spacial score (nSPS) is 48.8. The van der Waals surface area contributed by atoms with E-state index in [9.17, 15) is 9.90 Å². The van der Waals surface area contributed by atoms with E-state index in [-0.39, 0.29) is 17.4 Å². The van der Waals surface area contributed by atoms with E-state index >= 15 is 0 Å². The van der Waals surface area contributed by atoms with Gasteiger partial charge in [0, 0.05) is 11.8 Å². The van der Waals surface area contributed by atoms with E-state index in [0.29, 0.717) is 18.1 Å². The summed E-state index contributed by atoms with van der Waals surface area (Å²) in [5, 5.41) is 10.1. The lowest BCUT2D eigenvalue weighted by Gasteiger charge is -2.33. The molecule has 2 nitrogen and oxygen atoms in total. The molecule has 0 aromatic carbocycles. The van der Waals surface area contributed by atoms with Crippen molar-refractivity contribution >= 4 is 5.78 Å². The summed E-state index contributed by atoms with van der Waals surface area (Å²) in [5.41, 5.74) is -0.213. The van der Waals surface area contributed by atoms with Gasteiger partial charge in [-0.3, -0.25) is 4.79 Å². The van der Waals surface area contributed by atoms with Crippen LogP contribution in [0.4, 0.5) is 0 Å². The summed E-state index contributed by atoms with van der Waals surface area (Å²) in [6.45, 7) is 4.25. The second-order valence-electron chi connectivity index (χ2n) is 5.34. The van der Waals surface area contributed by atoms with Crippen molar-refractivity contribution in [2.24, 2.45) is 17.3 Å². The van der Waals surface area contributed by atoms with Crippen molar-refractivity contribution in [1.29, 1.82) is 0 Å². The van der Waals surface area contributed by atoms with Crippen LogP contribution in [0.3, 0.4) is 0 Å². The van der Waals surface area contributed by atoms with Crippen LogP contribution >= 0.6 is 0 Å². The van der Waals surface area contributed by atoms with Gasteiger partial charge in [-0.1, -0.05) is 13.8 Å². The second kappa shape index (κ2) is 3.34. The Morgan fingerprint density at radius 2 is 2.14 bits per heavy atom. The molecule has 2 saturated carbocycles. The Labute approximate surface area is 85.7 Å². The SMILES string of the molecule is C[C@@H]1CC[C@@]2(C)C(=O)CCC[C@@H](O)[C@H]12. The van der Waals surface area contributed by atoms with Gasteiger partial charge >= 0.3 is 0 Å². The van der Waals surface area contributed by atoms with Crippen LogP contribution in [0.5, 0.6) is 0 Å². The summed E-state index contributed by atoms with van der Waals surface area (Å²) in [6.07, 6.45) is 4.20. The Hall–Kier alpha value is -0.370. The van der Waals surface area contributed by atoms with Crippen LogP contribution in [-0.2, 0) is 4.79 Å². The molecule has 2 rings (SSSR count). The Kier molecular flexibility index (Phi) is 2.42. The molecular weight excluding hydrogens is 176 g/mol. The molecule has 0 amide bonds. The molecule has 0 bridgehead atoms. The van der Waals surface area contributed by atoms with Crippen LogP contribution < -0.4 is 0 Å². The molecule has 4 atom stereocenters. The van der Waals surface area contributed by atoms with Crippen molar-refractivity contribution < 1.29 is 9.90 Å². The molecule has 14 heavy (non-hydrogen) atoms. The van der Waals surface area contributed by atoms with Gasteiger partial charge in [-0.05, 0) is 37.5 Å². The van der Waals surface area contributed by atoms with Crippen LogP contribution in [-0.4, -0.2) is 17.0 Å². The first kappa shape index (κ1) is 10.2. The van der Waals surface area contributed by atoms with Crippen molar-refractivity contribution in [3.05, 3.63) is 0 Å². The number of rotatable bonds is 0. The third kappa shape index (κ3) is 1.31. The fourth-order valence-corrected chi connectivity index (χ4v) is 3.57. The number of fused-ring (bicyclic) bond motifs is 1. The highest BCUT2D eigenvalue weighted by atomic mass is 16.3. The Morgan fingerprint density at radius 3 is 2.86 bits per heavy atom. The largest absolute Gasteiger partial charge is 0.393 e. The van der Waals surface area contributed by atoms with Crippen molar-refractivity contribution in [2.75, 3.05) is 0 Å². The lowest BCUT2D eigenvalue weighted by atomic mass is 9.72. The monoisotopic (exact) mass is 196 g/mol. The maximum absolute atomic E-state index is 12.0. The molecule has 0 heterocycles. The van der Waals surface area contributed by atoms with Crippen LogP contribution in [0.1, 0.15) is 46.0 Å². The third-order valence-electron chi connectivity index (χ3n) is 4.42. The van der Waals surface area contributed by atoms with Gasteiger partial charge in [0.15, 0.2) is 0 Å². The number of hydrogen-bond acceptors (Lipinski definition) is 2. The lowest BCUT2D eigenvalue weighted by Crippen LogP contribution is -2.38. The number of Topliss-reactive ketones (excluding diaryl/α,β-unsaturated/α-hetero) is 1. The van der Waals surface area contributed by atoms with Gasteiger partial charge in [-0.15, -0.1) is 0 Å². The van der Waals surface area contributed by atoms with Gasteiger partial charge < -0.3 is 5.11 Å². The molecule has 0 spiro atoms. The van der Waals surface area contributed by atoms with E-state index in [1.54, 1.807) is 0 Å². The highest BCUT2D eigenvalue weighted by molar-refractivity contribution is 5.85. The molecule has 1 N–H and O–H groups in total. The molecule has 2 fully saturated rings. The summed E-state index contributed by atoms with van der Waals surface area (Å²) >= 11 is 0. The smallest absolute Gasteiger partial charge is 0.139 e. The zero-order valence-electron chi connectivity index (χ0n) is 9.12. The number of aliphatic hydroxyl groups excluding tert-OH is 1. The average molecular weight is 196 g/mol. The third-order valence-corrected chi connectivity index (χ3v) is 4.42. The molecule has 0 saturated heterocycles. The van der Waals surface area contributed by atoms with Crippen molar-refractivity contribution in [2.45, 2.75) is 52.1 Å². The second-order valence-corrected chi connectivity index (χ2v) is 5.34. The van der Waals surface area contributed by atoms with Crippen LogP contribution in [0.15, 0.2) is 0 Å². The van der Waals surface area contributed by atoms with Gasteiger partial charge in [0.1, 0.15) is 5.78 Å². The molecule has 0 unspecified atom stereocenters. The highest BCUT2D eigenvalue weighted by Crippen LogP contribution is 2.51. The molecule has 0 aromatic rings. The first-order valence-electron chi connectivity index (χ1n) is 5.77. The Balaban J connectivity index is 2.33. The Morgan fingerprint density at radius 1 is 1.43 bits per heavy atom. The number of hydrogen-bond donors (Lipinski definition) is 1.